The van der Waals surface area contributed by atoms with Crippen LogP contribution in [0.3, 0.4) is 0 Å². The van der Waals surface area contributed by atoms with Gasteiger partial charge in [0.1, 0.15) is 0 Å². The molecule has 0 fully saturated rings. The molecule has 0 heterocycles. The van der Waals surface area contributed by atoms with Crippen molar-refractivity contribution in [1.82, 2.24) is 10.0 Å². The van der Waals surface area contributed by atoms with Gasteiger partial charge in [0.2, 0.25) is 15.9 Å². The van der Waals surface area contributed by atoms with Crippen molar-refractivity contribution in [1.29, 1.82) is 0 Å². The van der Waals surface area contributed by atoms with Gasteiger partial charge >= 0.3 is 0 Å². The van der Waals surface area contributed by atoms with Crippen LogP contribution in [0.2, 0.25) is 0 Å². The first-order valence-electron chi connectivity index (χ1n) is 5.92. The molecule has 0 aliphatic rings. The van der Waals surface area contributed by atoms with Crippen LogP contribution in [0.15, 0.2) is 0 Å². The molecule has 0 aromatic rings. The summed E-state index contributed by atoms with van der Waals surface area (Å²) in [6, 6.07) is 0. The van der Waals surface area contributed by atoms with Gasteiger partial charge in [0.05, 0.1) is 18.8 Å². The second-order valence-electron chi connectivity index (χ2n) is 3.89. The van der Waals surface area contributed by atoms with Gasteiger partial charge in [0.25, 0.3) is 0 Å². The third-order valence-electron chi connectivity index (χ3n) is 2.12. The van der Waals surface area contributed by atoms with E-state index in [1.165, 1.54) is 0 Å². The lowest BCUT2D eigenvalue weighted by molar-refractivity contribution is -0.123. The third-order valence-corrected chi connectivity index (χ3v) is 2.85. The Morgan fingerprint density at radius 3 is 2.56 bits per heavy atom. The van der Waals surface area contributed by atoms with Crippen LogP contribution < -0.4 is 15.8 Å². The first-order valence-corrected chi connectivity index (χ1v) is 7.81. The van der Waals surface area contributed by atoms with Crippen molar-refractivity contribution in [2.45, 2.75) is 25.9 Å². The highest BCUT2D eigenvalue weighted by Gasteiger charge is 2.11. The van der Waals surface area contributed by atoms with Gasteiger partial charge < -0.3 is 15.8 Å². The van der Waals surface area contributed by atoms with Crippen LogP contribution in [0, 0.1) is 0 Å². The summed E-state index contributed by atoms with van der Waals surface area (Å²) in [7, 11) is -3.15. The molecule has 0 aliphatic heterocycles. The fraction of sp³-hybridized carbons (Fsp3) is 0.900. The predicted octanol–water partition coefficient (Wildman–Crippen LogP) is -1.20. The van der Waals surface area contributed by atoms with Crippen molar-refractivity contribution >= 4 is 15.9 Å². The van der Waals surface area contributed by atoms with E-state index in [-0.39, 0.29) is 18.4 Å². The summed E-state index contributed by atoms with van der Waals surface area (Å²) in [5, 5.41) is 2.68. The molecule has 0 bridgehead atoms. The Kier molecular flexibility index (Phi) is 8.90. The fourth-order valence-corrected chi connectivity index (χ4v) is 1.81. The van der Waals surface area contributed by atoms with Gasteiger partial charge in [0, 0.05) is 26.2 Å². The second kappa shape index (κ2) is 9.26. The fourth-order valence-electron chi connectivity index (χ4n) is 1.30. The smallest absolute Gasteiger partial charge is 0.222 e. The van der Waals surface area contributed by atoms with Gasteiger partial charge in [-0.15, -0.1) is 0 Å². The summed E-state index contributed by atoms with van der Waals surface area (Å²) < 4.78 is 29.1. The van der Waals surface area contributed by atoms with E-state index < -0.39 is 10.0 Å². The van der Waals surface area contributed by atoms with Crippen LogP contribution in [0.25, 0.3) is 0 Å². The van der Waals surface area contributed by atoms with Crippen molar-refractivity contribution in [2.75, 3.05) is 32.5 Å². The van der Waals surface area contributed by atoms with Crippen molar-refractivity contribution in [3.63, 3.8) is 0 Å². The van der Waals surface area contributed by atoms with Gasteiger partial charge in [-0.1, -0.05) is 0 Å². The number of nitrogens with two attached hydrogens (primary N) is 1. The maximum atomic E-state index is 11.5. The van der Waals surface area contributed by atoms with E-state index in [0.29, 0.717) is 32.7 Å². The number of ether oxygens (including phenoxy) is 1. The number of carbonyl (C=O) groups excluding carboxylic acids is 1. The lowest BCUT2D eigenvalue weighted by Crippen LogP contribution is -2.34. The molecule has 0 aliphatic carbocycles. The van der Waals surface area contributed by atoms with Crippen LogP contribution in [0.4, 0.5) is 0 Å². The lowest BCUT2D eigenvalue weighted by atomic mass is 10.2. The van der Waals surface area contributed by atoms with Crippen LogP contribution in [0.1, 0.15) is 19.8 Å². The van der Waals surface area contributed by atoms with Crippen molar-refractivity contribution < 1.29 is 17.9 Å². The molecule has 18 heavy (non-hydrogen) atoms. The van der Waals surface area contributed by atoms with Crippen molar-refractivity contribution in [2.24, 2.45) is 5.73 Å². The largest absolute Gasteiger partial charge is 0.377 e. The summed E-state index contributed by atoms with van der Waals surface area (Å²) in [4.78, 5) is 11.5. The highest BCUT2D eigenvalue weighted by atomic mass is 32.2. The summed E-state index contributed by atoms with van der Waals surface area (Å²) in [5.74, 6) is -0.141. The third kappa shape index (κ3) is 10.5. The van der Waals surface area contributed by atoms with Gasteiger partial charge in [0.15, 0.2) is 0 Å². The SMILES string of the molecule is CCOC(CN)CC(=O)NCCCNS(C)(=O)=O. The topological polar surface area (TPSA) is 111 Å². The Hall–Kier alpha value is -0.700. The molecule has 0 spiro atoms. The average Bonchev–Trinajstić information content (AvgIpc) is 2.26. The average molecular weight is 281 g/mol. The number of hydrogen-bond acceptors (Lipinski definition) is 5. The standard InChI is InChI=1S/C10H23N3O4S/c1-3-17-9(8-11)7-10(14)12-5-4-6-13-18(2,15)16/h9,13H,3-8,11H2,1-2H3,(H,12,14). The minimum Gasteiger partial charge on any atom is -0.377 e. The Labute approximate surface area is 108 Å². The molecular formula is C10H23N3O4S. The number of sulfonamides is 1. The number of nitrogens with one attached hydrogen (secondary N) is 2. The minimum absolute atomic E-state index is 0.141. The highest BCUT2D eigenvalue weighted by Crippen LogP contribution is 1.96. The molecule has 0 aromatic carbocycles. The Bertz CT molecular complexity index is 332. The second-order valence-corrected chi connectivity index (χ2v) is 5.72. The minimum atomic E-state index is -3.15. The molecule has 4 N–H and O–H groups in total. The highest BCUT2D eigenvalue weighted by molar-refractivity contribution is 7.88. The Balaban J connectivity index is 3.64. The van der Waals surface area contributed by atoms with E-state index in [0.717, 1.165) is 6.26 Å². The van der Waals surface area contributed by atoms with Gasteiger partial charge in [-0.2, -0.15) is 0 Å². The molecule has 1 atom stereocenters. The molecular weight excluding hydrogens is 258 g/mol. The molecule has 0 saturated carbocycles. The first kappa shape index (κ1) is 17.3. The lowest BCUT2D eigenvalue weighted by Gasteiger charge is -2.14. The molecule has 108 valence electrons. The summed E-state index contributed by atoms with van der Waals surface area (Å²) in [6.45, 7) is 3.40. The molecule has 0 aromatic heterocycles. The number of carbonyl (C=O) groups is 1. The van der Waals surface area contributed by atoms with Gasteiger partial charge in [-0.25, -0.2) is 13.1 Å². The van der Waals surface area contributed by atoms with E-state index in [1.807, 2.05) is 6.92 Å². The zero-order valence-electron chi connectivity index (χ0n) is 10.9. The van der Waals surface area contributed by atoms with Gasteiger partial charge in [-0.3, -0.25) is 4.79 Å². The number of amides is 1. The first-order chi connectivity index (χ1) is 8.39. The van der Waals surface area contributed by atoms with E-state index in [9.17, 15) is 13.2 Å². The van der Waals surface area contributed by atoms with Crippen molar-refractivity contribution in [3.8, 4) is 0 Å². The molecule has 0 radical (unpaired) electrons. The summed E-state index contributed by atoms with van der Waals surface area (Å²) in [5.41, 5.74) is 5.45. The number of hydrogen-bond donors (Lipinski definition) is 3. The maximum absolute atomic E-state index is 11.5. The summed E-state index contributed by atoms with van der Waals surface area (Å²) >= 11 is 0. The van der Waals surface area contributed by atoms with Crippen LogP contribution in [0.5, 0.6) is 0 Å². The van der Waals surface area contributed by atoms with Crippen molar-refractivity contribution in [3.05, 3.63) is 0 Å². The molecule has 0 rings (SSSR count). The Morgan fingerprint density at radius 1 is 1.39 bits per heavy atom. The van der Waals surface area contributed by atoms with Crippen LogP contribution in [-0.2, 0) is 19.6 Å². The zero-order chi connectivity index (χ0) is 14.0. The molecule has 0 saturated heterocycles. The van der Waals surface area contributed by atoms with E-state index in [2.05, 4.69) is 10.0 Å². The predicted molar refractivity (Wildman–Crippen MR) is 69.6 cm³/mol. The number of rotatable bonds is 10. The normalized spacial score (nSPS) is 13.3. The molecule has 7 nitrogen and oxygen atoms in total. The van der Waals surface area contributed by atoms with E-state index in [1.54, 1.807) is 0 Å². The van der Waals surface area contributed by atoms with Crippen LogP contribution >= 0.6 is 0 Å². The monoisotopic (exact) mass is 281 g/mol. The zero-order valence-corrected chi connectivity index (χ0v) is 11.8. The van der Waals surface area contributed by atoms with Gasteiger partial charge in [-0.05, 0) is 13.3 Å². The van der Waals surface area contributed by atoms with E-state index in [4.69, 9.17) is 10.5 Å². The maximum Gasteiger partial charge on any atom is 0.222 e. The molecule has 8 heteroatoms. The quantitative estimate of drug-likeness (QED) is 0.435. The summed E-state index contributed by atoms with van der Waals surface area (Å²) in [6.07, 6.45) is 1.61. The molecule has 1 unspecified atom stereocenters. The van der Waals surface area contributed by atoms with E-state index >= 15 is 0 Å². The molecule has 1 amide bonds. The van der Waals surface area contributed by atoms with Crippen LogP contribution in [-0.4, -0.2) is 52.9 Å². The Morgan fingerprint density at radius 2 is 2.06 bits per heavy atom.